The van der Waals surface area contributed by atoms with Crippen molar-refractivity contribution in [2.45, 2.75) is 19.8 Å². The van der Waals surface area contributed by atoms with E-state index in [0.29, 0.717) is 29.9 Å². The Morgan fingerprint density at radius 1 is 1.03 bits per heavy atom. The van der Waals surface area contributed by atoms with Gasteiger partial charge in [-0.3, -0.25) is 14.6 Å². The first kappa shape index (κ1) is 22.7. The van der Waals surface area contributed by atoms with E-state index in [1.54, 1.807) is 36.8 Å². The van der Waals surface area contributed by atoms with Crippen molar-refractivity contribution in [1.29, 1.82) is 0 Å². The average Bonchev–Trinajstić information content (AvgIpc) is 2.87. The van der Waals surface area contributed by atoms with E-state index in [4.69, 9.17) is 0 Å². The summed E-state index contributed by atoms with van der Waals surface area (Å²) in [6.07, 6.45) is 7.35. The molecule has 2 heterocycles. The monoisotopic (exact) mass is 448 g/mol. The second-order valence-electron chi connectivity index (χ2n) is 7.92. The molecule has 1 amide bonds. The van der Waals surface area contributed by atoms with E-state index in [9.17, 15) is 9.59 Å². The molecule has 0 saturated heterocycles. The minimum absolute atomic E-state index is 0.0427. The Kier molecular flexibility index (Phi) is 6.98. The lowest BCUT2D eigenvalue weighted by Gasteiger charge is -2.10. The van der Waals surface area contributed by atoms with E-state index in [0.717, 1.165) is 27.9 Å². The Labute approximate surface area is 198 Å². The van der Waals surface area contributed by atoms with Crippen molar-refractivity contribution in [1.82, 2.24) is 15.0 Å². The highest BCUT2D eigenvalue weighted by Crippen LogP contribution is 2.19. The van der Waals surface area contributed by atoms with Crippen molar-refractivity contribution in [3.8, 4) is 11.3 Å². The molecule has 0 aliphatic rings. The zero-order chi connectivity index (χ0) is 23.9. The predicted octanol–water partition coefficient (Wildman–Crippen LogP) is 4.99. The molecule has 0 atom stereocenters. The number of aryl methyl sites for hydroxylation is 1. The second kappa shape index (κ2) is 10.4. The maximum atomic E-state index is 12.9. The number of pyridine rings is 1. The number of amides is 1. The van der Waals surface area contributed by atoms with Crippen LogP contribution in [-0.2, 0) is 17.6 Å². The first-order valence-electron chi connectivity index (χ1n) is 10.9. The summed E-state index contributed by atoms with van der Waals surface area (Å²) in [5, 5.41) is 2.91. The molecule has 2 aromatic heterocycles. The van der Waals surface area contributed by atoms with E-state index in [1.165, 1.54) is 6.08 Å². The molecular weight excluding hydrogens is 424 g/mol. The minimum atomic E-state index is -0.207. The minimum Gasteiger partial charge on any atom is -0.322 e. The Morgan fingerprint density at radius 2 is 1.85 bits per heavy atom. The van der Waals surface area contributed by atoms with Gasteiger partial charge in [0.05, 0.1) is 5.69 Å². The molecule has 168 valence electrons. The summed E-state index contributed by atoms with van der Waals surface area (Å²) in [7, 11) is 0. The number of carbonyl (C=O) groups is 2. The molecular formula is C28H24N4O2. The number of anilines is 1. The molecule has 0 unspecified atom stereocenters. The highest BCUT2D eigenvalue weighted by atomic mass is 16.1. The van der Waals surface area contributed by atoms with Crippen molar-refractivity contribution in [2.75, 3.05) is 5.32 Å². The van der Waals surface area contributed by atoms with Gasteiger partial charge in [-0.25, -0.2) is 9.97 Å². The van der Waals surface area contributed by atoms with Crippen LogP contribution in [0.5, 0.6) is 0 Å². The lowest BCUT2D eigenvalue weighted by Crippen LogP contribution is -2.13. The third kappa shape index (κ3) is 5.66. The van der Waals surface area contributed by atoms with Crippen LogP contribution in [0.2, 0.25) is 0 Å². The molecule has 4 aromatic rings. The number of benzene rings is 2. The Balaban J connectivity index is 1.48. The van der Waals surface area contributed by atoms with E-state index in [1.807, 2.05) is 49.4 Å². The molecule has 6 nitrogen and oxygen atoms in total. The third-order valence-corrected chi connectivity index (χ3v) is 5.44. The first-order chi connectivity index (χ1) is 16.5. The summed E-state index contributed by atoms with van der Waals surface area (Å²) in [5.74, 6) is 0.423. The first-order valence-corrected chi connectivity index (χ1v) is 10.9. The van der Waals surface area contributed by atoms with Crippen molar-refractivity contribution < 1.29 is 9.59 Å². The number of hydrogen-bond donors (Lipinski definition) is 1. The molecule has 0 aliphatic carbocycles. The van der Waals surface area contributed by atoms with Crippen LogP contribution in [0.25, 0.3) is 11.3 Å². The van der Waals surface area contributed by atoms with Crippen molar-refractivity contribution >= 4 is 17.4 Å². The lowest BCUT2D eigenvalue weighted by molar-refractivity contribution is -0.114. The second-order valence-corrected chi connectivity index (χ2v) is 7.92. The van der Waals surface area contributed by atoms with Crippen molar-refractivity contribution in [3.05, 3.63) is 120 Å². The van der Waals surface area contributed by atoms with Gasteiger partial charge in [-0.05, 0) is 72.2 Å². The molecule has 34 heavy (non-hydrogen) atoms. The van der Waals surface area contributed by atoms with E-state index in [2.05, 4.69) is 26.8 Å². The standard InChI is InChI=1S/C28H24N4O2/c1-3-25(33)15-20-7-10-24(11-8-20)31-28(34)21-9-6-19(2)23(16-21)17-27-30-14-12-26(32-27)22-5-4-13-29-18-22/h3-14,16,18H,1,15,17H2,2H3,(H,31,34). The zero-order valence-electron chi connectivity index (χ0n) is 18.9. The summed E-state index contributed by atoms with van der Waals surface area (Å²) < 4.78 is 0. The van der Waals surface area contributed by atoms with Gasteiger partial charge in [0.15, 0.2) is 5.78 Å². The molecule has 0 radical (unpaired) electrons. The van der Waals surface area contributed by atoms with Crippen LogP contribution < -0.4 is 5.32 Å². The predicted molar refractivity (Wildman–Crippen MR) is 133 cm³/mol. The normalized spacial score (nSPS) is 10.5. The summed E-state index contributed by atoms with van der Waals surface area (Å²) >= 11 is 0. The van der Waals surface area contributed by atoms with E-state index in [-0.39, 0.29) is 11.7 Å². The van der Waals surface area contributed by atoms with E-state index >= 15 is 0 Å². The van der Waals surface area contributed by atoms with Crippen molar-refractivity contribution in [3.63, 3.8) is 0 Å². The molecule has 0 spiro atoms. The molecule has 1 N–H and O–H groups in total. The largest absolute Gasteiger partial charge is 0.322 e. The third-order valence-electron chi connectivity index (χ3n) is 5.44. The molecule has 6 heteroatoms. The average molecular weight is 449 g/mol. The van der Waals surface area contributed by atoms with Gasteiger partial charge in [0, 0.05) is 48.2 Å². The van der Waals surface area contributed by atoms with Gasteiger partial charge >= 0.3 is 0 Å². The fourth-order valence-corrected chi connectivity index (χ4v) is 3.52. The summed E-state index contributed by atoms with van der Waals surface area (Å²) in [5.41, 5.74) is 5.86. The van der Waals surface area contributed by atoms with Gasteiger partial charge in [-0.2, -0.15) is 0 Å². The maximum Gasteiger partial charge on any atom is 0.255 e. The highest BCUT2D eigenvalue weighted by molar-refractivity contribution is 6.04. The fourth-order valence-electron chi connectivity index (χ4n) is 3.52. The number of carbonyl (C=O) groups excluding carboxylic acids is 2. The molecule has 2 aromatic carbocycles. The highest BCUT2D eigenvalue weighted by Gasteiger charge is 2.11. The van der Waals surface area contributed by atoms with Crippen LogP contribution in [0.15, 0.2) is 91.9 Å². The lowest BCUT2D eigenvalue weighted by atomic mass is 10.0. The van der Waals surface area contributed by atoms with Gasteiger partial charge in [0.2, 0.25) is 0 Å². The topological polar surface area (TPSA) is 84.8 Å². The number of rotatable bonds is 8. The summed E-state index contributed by atoms with van der Waals surface area (Å²) in [6, 6.07) is 18.5. The number of aromatic nitrogens is 3. The Bertz CT molecular complexity index is 1330. The SMILES string of the molecule is C=CC(=O)Cc1ccc(NC(=O)c2ccc(C)c(Cc3nccc(-c4cccnc4)n3)c2)cc1. The molecule has 0 fully saturated rings. The smallest absolute Gasteiger partial charge is 0.255 e. The molecule has 0 aliphatic heterocycles. The van der Waals surface area contributed by atoms with Gasteiger partial charge in [-0.1, -0.05) is 24.8 Å². The Morgan fingerprint density at radius 3 is 2.59 bits per heavy atom. The maximum absolute atomic E-state index is 12.9. The molecule has 0 bridgehead atoms. The quantitative estimate of drug-likeness (QED) is 0.384. The van der Waals surface area contributed by atoms with Crippen LogP contribution in [0.4, 0.5) is 5.69 Å². The van der Waals surface area contributed by atoms with Gasteiger partial charge in [-0.15, -0.1) is 0 Å². The summed E-state index contributed by atoms with van der Waals surface area (Å²) in [4.78, 5) is 37.6. The van der Waals surface area contributed by atoms with Gasteiger partial charge in [0.25, 0.3) is 5.91 Å². The number of nitrogens with zero attached hydrogens (tertiary/aromatic N) is 3. The van der Waals surface area contributed by atoms with Crippen LogP contribution in [0, 0.1) is 6.92 Å². The Hall–Kier alpha value is -4.45. The fraction of sp³-hybridized carbons (Fsp3) is 0.107. The van der Waals surface area contributed by atoms with Gasteiger partial charge in [0.1, 0.15) is 5.82 Å². The molecule has 0 saturated carbocycles. The zero-order valence-corrected chi connectivity index (χ0v) is 18.9. The van der Waals surface area contributed by atoms with Crippen LogP contribution in [0.1, 0.15) is 32.9 Å². The number of ketones is 1. The van der Waals surface area contributed by atoms with Crippen LogP contribution in [-0.4, -0.2) is 26.6 Å². The van der Waals surface area contributed by atoms with E-state index < -0.39 is 0 Å². The summed E-state index contributed by atoms with van der Waals surface area (Å²) in [6.45, 7) is 5.49. The number of allylic oxidation sites excluding steroid dienone is 1. The number of hydrogen-bond acceptors (Lipinski definition) is 5. The van der Waals surface area contributed by atoms with Crippen molar-refractivity contribution in [2.24, 2.45) is 0 Å². The number of nitrogens with one attached hydrogen (secondary N) is 1. The van der Waals surface area contributed by atoms with Crippen LogP contribution >= 0.6 is 0 Å². The molecule has 4 rings (SSSR count). The van der Waals surface area contributed by atoms with Gasteiger partial charge < -0.3 is 5.32 Å². The van der Waals surface area contributed by atoms with Crippen LogP contribution in [0.3, 0.4) is 0 Å².